The molecule has 2 fully saturated rings. The van der Waals surface area contributed by atoms with Crippen LogP contribution in [0, 0.1) is 6.92 Å². The van der Waals surface area contributed by atoms with Crippen molar-refractivity contribution in [3.8, 4) is 5.75 Å². The fourth-order valence-electron chi connectivity index (χ4n) is 4.21. The first-order valence-corrected chi connectivity index (χ1v) is 12.4. The molecule has 0 bridgehead atoms. The minimum atomic E-state index is 0.0155. The Morgan fingerprint density at radius 1 is 1.06 bits per heavy atom. The molecule has 3 amide bonds. The fraction of sp³-hybridized carbons (Fsp3) is 0.542. The average Bonchev–Trinajstić information content (AvgIpc) is 3.26. The van der Waals surface area contributed by atoms with Gasteiger partial charge in [-0.2, -0.15) is 0 Å². The van der Waals surface area contributed by atoms with Gasteiger partial charge < -0.3 is 19.9 Å². The van der Waals surface area contributed by atoms with Gasteiger partial charge in [-0.25, -0.2) is 9.78 Å². The molecule has 2 aliphatic rings. The van der Waals surface area contributed by atoms with Crippen molar-refractivity contribution >= 4 is 23.3 Å². The van der Waals surface area contributed by atoms with Crippen LogP contribution in [0.15, 0.2) is 29.6 Å². The molecule has 0 unspecified atom stereocenters. The van der Waals surface area contributed by atoms with E-state index in [2.05, 4.69) is 10.3 Å². The number of urea groups is 1. The number of amides is 3. The molecule has 2 aromatic rings. The Hall–Kier alpha value is -2.61. The molecule has 1 aliphatic heterocycles. The SMILES string of the molecule is Cc1ccc(OCc2nc(CC(=O)N3CCN(C(=O)NC4CCCCC4)CC3)cs2)cc1. The van der Waals surface area contributed by atoms with Crippen LogP contribution in [-0.2, 0) is 17.8 Å². The summed E-state index contributed by atoms with van der Waals surface area (Å²) >= 11 is 1.51. The van der Waals surface area contributed by atoms with Crippen LogP contribution < -0.4 is 10.1 Å². The first kappa shape index (κ1) is 22.6. The Bertz CT molecular complexity index is 900. The number of thiazole rings is 1. The smallest absolute Gasteiger partial charge is 0.317 e. The molecule has 172 valence electrons. The number of piperazine rings is 1. The number of aromatic nitrogens is 1. The summed E-state index contributed by atoms with van der Waals surface area (Å²) in [4.78, 5) is 33.5. The van der Waals surface area contributed by atoms with Gasteiger partial charge in [0, 0.05) is 37.6 Å². The fourth-order valence-corrected chi connectivity index (χ4v) is 4.92. The molecule has 1 N–H and O–H groups in total. The van der Waals surface area contributed by atoms with Crippen LogP contribution in [0.3, 0.4) is 0 Å². The van der Waals surface area contributed by atoms with Crippen molar-refractivity contribution in [2.75, 3.05) is 26.2 Å². The number of rotatable bonds is 6. The average molecular weight is 457 g/mol. The van der Waals surface area contributed by atoms with Crippen molar-refractivity contribution < 1.29 is 14.3 Å². The number of ether oxygens (including phenoxy) is 1. The Morgan fingerprint density at radius 2 is 1.75 bits per heavy atom. The van der Waals surface area contributed by atoms with Crippen molar-refractivity contribution in [1.82, 2.24) is 20.1 Å². The second-order valence-corrected chi connectivity index (χ2v) is 9.61. The van der Waals surface area contributed by atoms with Gasteiger partial charge in [0.1, 0.15) is 17.4 Å². The first-order chi connectivity index (χ1) is 15.6. The zero-order chi connectivity index (χ0) is 22.3. The molecule has 4 rings (SSSR count). The van der Waals surface area contributed by atoms with E-state index < -0.39 is 0 Å². The third-order valence-corrected chi connectivity index (χ3v) is 7.04. The molecular weight excluding hydrogens is 424 g/mol. The topological polar surface area (TPSA) is 74.8 Å². The number of benzene rings is 1. The van der Waals surface area contributed by atoms with Crippen molar-refractivity contribution in [3.05, 3.63) is 45.9 Å². The van der Waals surface area contributed by atoms with Crippen LogP contribution in [0.4, 0.5) is 4.79 Å². The molecular formula is C24H32N4O3S. The zero-order valence-corrected chi connectivity index (χ0v) is 19.5. The maximum Gasteiger partial charge on any atom is 0.317 e. The lowest BCUT2D eigenvalue weighted by molar-refractivity contribution is -0.131. The highest BCUT2D eigenvalue weighted by Gasteiger charge is 2.26. The van der Waals surface area contributed by atoms with Gasteiger partial charge in [-0.15, -0.1) is 11.3 Å². The molecule has 1 saturated carbocycles. The van der Waals surface area contributed by atoms with Crippen LogP contribution in [0.5, 0.6) is 5.75 Å². The molecule has 32 heavy (non-hydrogen) atoms. The van der Waals surface area contributed by atoms with Crippen molar-refractivity contribution in [3.63, 3.8) is 0 Å². The number of hydrogen-bond acceptors (Lipinski definition) is 5. The van der Waals surface area contributed by atoms with Gasteiger partial charge in [0.05, 0.1) is 12.1 Å². The van der Waals surface area contributed by atoms with Crippen molar-refractivity contribution in [2.24, 2.45) is 0 Å². The lowest BCUT2D eigenvalue weighted by Gasteiger charge is -2.36. The number of carbonyl (C=O) groups is 2. The van der Waals surface area contributed by atoms with Crippen LogP contribution >= 0.6 is 11.3 Å². The van der Waals surface area contributed by atoms with Gasteiger partial charge in [-0.1, -0.05) is 37.0 Å². The van der Waals surface area contributed by atoms with Crippen LogP contribution in [0.2, 0.25) is 0 Å². The summed E-state index contributed by atoms with van der Waals surface area (Å²) in [5.41, 5.74) is 1.97. The van der Waals surface area contributed by atoms with Crippen molar-refractivity contribution in [1.29, 1.82) is 0 Å². The van der Waals surface area contributed by atoms with Gasteiger partial charge in [-0.05, 0) is 31.9 Å². The summed E-state index contributed by atoms with van der Waals surface area (Å²) < 4.78 is 5.78. The van der Waals surface area contributed by atoms with Gasteiger partial charge in [0.25, 0.3) is 0 Å². The Morgan fingerprint density at radius 3 is 2.47 bits per heavy atom. The number of nitrogens with one attached hydrogen (secondary N) is 1. The maximum atomic E-state index is 12.7. The van der Waals surface area contributed by atoms with Crippen LogP contribution in [0.1, 0.15) is 48.4 Å². The summed E-state index contributed by atoms with van der Waals surface area (Å²) in [5.74, 6) is 0.877. The van der Waals surface area contributed by atoms with Crippen molar-refractivity contribution in [2.45, 2.75) is 58.1 Å². The minimum Gasteiger partial charge on any atom is -0.486 e. The molecule has 1 aliphatic carbocycles. The molecule has 0 radical (unpaired) electrons. The highest BCUT2D eigenvalue weighted by molar-refractivity contribution is 7.09. The van der Waals surface area contributed by atoms with E-state index in [9.17, 15) is 9.59 Å². The first-order valence-electron chi connectivity index (χ1n) is 11.5. The Balaban J connectivity index is 1.19. The summed E-state index contributed by atoms with van der Waals surface area (Å²) in [6.45, 7) is 4.75. The highest BCUT2D eigenvalue weighted by Crippen LogP contribution is 2.19. The van der Waals surface area contributed by atoms with Gasteiger partial charge in [0.2, 0.25) is 5.91 Å². The minimum absolute atomic E-state index is 0.0155. The van der Waals surface area contributed by atoms with Crippen LogP contribution in [0.25, 0.3) is 0 Å². The predicted octanol–water partition coefficient (Wildman–Crippen LogP) is 3.76. The van der Waals surface area contributed by atoms with E-state index in [1.807, 2.05) is 46.4 Å². The second-order valence-electron chi connectivity index (χ2n) is 8.66. The number of hydrogen-bond donors (Lipinski definition) is 1. The lowest BCUT2D eigenvalue weighted by atomic mass is 9.96. The van der Waals surface area contributed by atoms with E-state index in [1.165, 1.54) is 36.2 Å². The summed E-state index contributed by atoms with van der Waals surface area (Å²) in [7, 11) is 0. The lowest BCUT2D eigenvalue weighted by Crippen LogP contribution is -2.55. The summed E-state index contributed by atoms with van der Waals surface area (Å²) in [6, 6.07) is 8.25. The van der Waals surface area contributed by atoms with Gasteiger partial charge in [-0.3, -0.25) is 4.79 Å². The molecule has 8 heteroatoms. The summed E-state index contributed by atoms with van der Waals surface area (Å²) in [6.07, 6.45) is 6.11. The largest absolute Gasteiger partial charge is 0.486 e. The van der Waals surface area contributed by atoms with E-state index in [0.29, 0.717) is 38.8 Å². The van der Waals surface area contributed by atoms with E-state index in [0.717, 1.165) is 29.3 Å². The van der Waals surface area contributed by atoms with E-state index in [-0.39, 0.29) is 18.4 Å². The normalized spacial score (nSPS) is 17.3. The number of carbonyl (C=O) groups excluding carboxylic acids is 2. The highest BCUT2D eigenvalue weighted by atomic mass is 32.1. The predicted molar refractivity (Wildman–Crippen MR) is 125 cm³/mol. The quantitative estimate of drug-likeness (QED) is 0.718. The molecule has 7 nitrogen and oxygen atoms in total. The molecule has 1 saturated heterocycles. The standard InChI is InChI=1S/C24H32N4O3S/c1-18-7-9-21(10-8-18)31-16-22-25-20(17-32-22)15-23(29)27-11-13-28(14-12-27)24(30)26-19-5-3-2-4-6-19/h7-10,17,19H,2-6,11-16H2,1H3,(H,26,30). The molecule has 1 aromatic heterocycles. The molecule has 0 atom stereocenters. The third kappa shape index (κ3) is 6.22. The van der Waals surface area contributed by atoms with Gasteiger partial charge in [0.15, 0.2) is 0 Å². The van der Waals surface area contributed by atoms with E-state index >= 15 is 0 Å². The molecule has 2 heterocycles. The number of aryl methyl sites for hydroxylation is 1. The Kier molecular flexibility index (Phi) is 7.63. The monoisotopic (exact) mass is 456 g/mol. The second kappa shape index (κ2) is 10.8. The van der Waals surface area contributed by atoms with Crippen LogP contribution in [-0.4, -0.2) is 58.9 Å². The van der Waals surface area contributed by atoms with E-state index in [1.54, 1.807) is 0 Å². The third-order valence-electron chi connectivity index (χ3n) is 6.17. The molecule has 1 aromatic carbocycles. The summed E-state index contributed by atoms with van der Waals surface area (Å²) in [5, 5.41) is 5.95. The zero-order valence-electron chi connectivity index (χ0n) is 18.7. The Labute approximate surface area is 193 Å². The van der Waals surface area contributed by atoms with Gasteiger partial charge >= 0.3 is 6.03 Å². The maximum absolute atomic E-state index is 12.7. The van der Waals surface area contributed by atoms with E-state index in [4.69, 9.17) is 4.74 Å². The molecule has 0 spiro atoms. The number of nitrogens with zero attached hydrogens (tertiary/aromatic N) is 3.